The number of hydrogen-bond donors (Lipinski definition) is 1. The predicted octanol–water partition coefficient (Wildman–Crippen LogP) is 4.26. The minimum Gasteiger partial charge on any atom is -0.484 e. The maximum absolute atomic E-state index is 12.4. The van der Waals surface area contributed by atoms with Gasteiger partial charge in [0, 0.05) is 0 Å². The van der Waals surface area contributed by atoms with Crippen LogP contribution in [0.25, 0.3) is 0 Å². The Bertz CT molecular complexity index is 1060. The van der Waals surface area contributed by atoms with Gasteiger partial charge in [-0.3, -0.25) is 4.79 Å². The van der Waals surface area contributed by atoms with E-state index in [-0.39, 0.29) is 17.7 Å². The third kappa shape index (κ3) is 5.36. The van der Waals surface area contributed by atoms with Gasteiger partial charge in [0.1, 0.15) is 11.8 Å². The zero-order chi connectivity index (χ0) is 20.8. The van der Waals surface area contributed by atoms with Crippen LogP contribution in [-0.4, -0.2) is 21.4 Å². The Morgan fingerprint density at radius 2 is 2.07 bits per heavy atom. The number of nitriles is 1. The maximum Gasteiger partial charge on any atom is 0.277 e. The number of aryl methyl sites for hydroxylation is 2. The topological polar surface area (TPSA) is 101 Å². The second kappa shape index (κ2) is 9.26. The second-order valence-electron chi connectivity index (χ2n) is 6.43. The Morgan fingerprint density at radius 3 is 2.86 bits per heavy atom. The lowest BCUT2D eigenvalue weighted by Crippen LogP contribution is -2.22. The summed E-state index contributed by atoms with van der Waals surface area (Å²) in [5.74, 6) is 0.834. The number of rotatable bonds is 7. The number of thioether (sulfide) groups is 1. The standard InChI is InChI=1S/C21H20N4O3S/c1-13-8-9-14(2)18(10-13)27-12-19-24-25-21(28-19)29-15(3)20(26)23-17-7-5-4-6-16(17)11-22/h4-10,15H,12H2,1-3H3,(H,23,26). The zero-order valence-electron chi connectivity index (χ0n) is 16.3. The molecule has 7 nitrogen and oxygen atoms in total. The van der Waals surface area contributed by atoms with Crippen LogP contribution in [0.4, 0.5) is 5.69 Å². The third-order valence-electron chi connectivity index (χ3n) is 4.10. The molecule has 0 aliphatic carbocycles. The molecular weight excluding hydrogens is 388 g/mol. The Kier molecular flexibility index (Phi) is 6.52. The first kappa shape index (κ1) is 20.4. The number of aromatic nitrogens is 2. The van der Waals surface area contributed by atoms with Crippen LogP contribution in [-0.2, 0) is 11.4 Å². The van der Waals surface area contributed by atoms with Gasteiger partial charge in [0.15, 0.2) is 6.61 Å². The monoisotopic (exact) mass is 408 g/mol. The number of nitrogens with zero attached hydrogens (tertiary/aromatic N) is 3. The van der Waals surface area contributed by atoms with Gasteiger partial charge in [0.25, 0.3) is 11.1 Å². The van der Waals surface area contributed by atoms with Crippen molar-refractivity contribution in [2.75, 3.05) is 5.32 Å². The molecule has 1 N–H and O–H groups in total. The van der Waals surface area contributed by atoms with Crippen molar-refractivity contribution in [2.24, 2.45) is 0 Å². The van der Waals surface area contributed by atoms with Crippen LogP contribution in [0.2, 0.25) is 0 Å². The molecule has 1 atom stereocenters. The lowest BCUT2D eigenvalue weighted by atomic mass is 10.1. The summed E-state index contributed by atoms with van der Waals surface area (Å²) in [6.45, 7) is 5.84. The van der Waals surface area contributed by atoms with Gasteiger partial charge in [0.2, 0.25) is 5.91 Å². The first-order valence-electron chi connectivity index (χ1n) is 8.95. The van der Waals surface area contributed by atoms with Crippen molar-refractivity contribution in [1.29, 1.82) is 5.26 Å². The number of hydrogen-bond acceptors (Lipinski definition) is 7. The minimum atomic E-state index is -0.491. The Labute approximate surface area is 173 Å². The van der Waals surface area contributed by atoms with E-state index in [9.17, 15) is 4.79 Å². The first-order chi connectivity index (χ1) is 14.0. The van der Waals surface area contributed by atoms with Crippen molar-refractivity contribution in [3.05, 3.63) is 65.0 Å². The van der Waals surface area contributed by atoms with Crippen LogP contribution in [0, 0.1) is 25.2 Å². The van der Waals surface area contributed by atoms with Crippen LogP contribution in [0.15, 0.2) is 52.1 Å². The van der Waals surface area contributed by atoms with E-state index >= 15 is 0 Å². The van der Waals surface area contributed by atoms with Crippen LogP contribution in [0.3, 0.4) is 0 Å². The summed E-state index contributed by atoms with van der Waals surface area (Å²) in [7, 11) is 0. The molecule has 29 heavy (non-hydrogen) atoms. The first-order valence-corrected chi connectivity index (χ1v) is 9.83. The molecule has 1 heterocycles. The molecule has 1 unspecified atom stereocenters. The molecule has 2 aromatic carbocycles. The molecule has 148 valence electrons. The number of anilines is 1. The largest absolute Gasteiger partial charge is 0.484 e. The van der Waals surface area contributed by atoms with E-state index in [0.29, 0.717) is 17.1 Å². The van der Waals surface area contributed by atoms with Crippen LogP contribution in [0.1, 0.15) is 29.5 Å². The van der Waals surface area contributed by atoms with Crippen LogP contribution in [0.5, 0.6) is 5.75 Å². The Hall–Kier alpha value is -3.31. The molecule has 0 radical (unpaired) electrons. The van der Waals surface area contributed by atoms with E-state index in [1.165, 1.54) is 0 Å². The Morgan fingerprint density at radius 1 is 1.28 bits per heavy atom. The van der Waals surface area contributed by atoms with E-state index in [1.807, 2.05) is 32.0 Å². The fraction of sp³-hybridized carbons (Fsp3) is 0.238. The van der Waals surface area contributed by atoms with Gasteiger partial charge in [-0.2, -0.15) is 5.26 Å². The highest BCUT2D eigenvalue weighted by Crippen LogP contribution is 2.25. The van der Waals surface area contributed by atoms with Gasteiger partial charge >= 0.3 is 0 Å². The highest BCUT2D eigenvalue weighted by molar-refractivity contribution is 8.00. The van der Waals surface area contributed by atoms with Crippen molar-refractivity contribution in [2.45, 2.75) is 37.9 Å². The van der Waals surface area contributed by atoms with Crippen molar-refractivity contribution < 1.29 is 13.9 Å². The number of amides is 1. The molecule has 3 aromatic rings. The van der Waals surface area contributed by atoms with Gasteiger partial charge in [-0.15, -0.1) is 10.2 Å². The summed E-state index contributed by atoms with van der Waals surface area (Å²) in [5.41, 5.74) is 3.00. The lowest BCUT2D eigenvalue weighted by Gasteiger charge is -2.10. The number of para-hydroxylation sites is 1. The highest BCUT2D eigenvalue weighted by Gasteiger charge is 2.19. The molecule has 1 amide bonds. The maximum atomic E-state index is 12.4. The van der Waals surface area contributed by atoms with Crippen molar-refractivity contribution >= 4 is 23.4 Å². The van der Waals surface area contributed by atoms with Crippen molar-refractivity contribution in [3.8, 4) is 11.8 Å². The van der Waals surface area contributed by atoms with Crippen LogP contribution >= 0.6 is 11.8 Å². The van der Waals surface area contributed by atoms with E-state index in [0.717, 1.165) is 28.6 Å². The molecule has 0 aliphatic heterocycles. The predicted molar refractivity (Wildman–Crippen MR) is 110 cm³/mol. The summed E-state index contributed by atoms with van der Waals surface area (Å²) in [5, 5.41) is 19.6. The average molecular weight is 408 g/mol. The van der Waals surface area contributed by atoms with Gasteiger partial charge in [-0.1, -0.05) is 36.0 Å². The lowest BCUT2D eigenvalue weighted by molar-refractivity contribution is -0.115. The molecule has 0 saturated heterocycles. The summed E-state index contributed by atoms with van der Waals surface area (Å²) >= 11 is 1.14. The number of benzene rings is 2. The normalized spacial score (nSPS) is 11.5. The summed E-state index contributed by atoms with van der Waals surface area (Å²) in [6.07, 6.45) is 0. The smallest absolute Gasteiger partial charge is 0.277 e. The van der Waals surface area contributed by atoms with Gasteiger partial charge in [-0.25, -0.2) is 0 Å². The number of carbonyl (C=O) groups is 1. The van der Waals surface area contributed by atoms with E-state index in [2.05, 4.69) is 21.6 Å². The molecule has 1 aromatic heterocycles. The number of carbonyl (C=O) groups excluding carboxylic acids is 1. The molecule has 0 aliphatic rings. The van der Waals surface area contributed by atoms with E-state index < -0.39 is 5.25 Å². The van der Waals surface area contributed by atoms with Crippen LogP contribution < -0.4 is 10.1 Å². The van der Waals surface area contributed by atoms with Crippen molar-refractivity contribution in [3.63, 3.8) is 0 Å². The second-order valence-corrected chi connectivity index (χ2v) is 7.72. The molecule has 3 rings (SSSR count). The Balaban J connectivity index is 1.57. The van der Waals surface area contributed by atoms with Crippen molar-refractivity contribution in [1.82, 2.24) is 10.2 Å². The molecule has 0 bridgehead atoms. The molecule has 0 spiro atoms. The quantitative estimate of drug-likeness (QED) is 0.583. The summed E-state index contributed by atoms with van der Waals surface area (Å²) in [4.78, 5) is 12.4. The molecule has 8 heteroatoms. The summed E-state index contributed by atoms with van der Waals surface area (Å²) < 4.78 is 11.3. The average Bonchev–Trinajstić information content (AvgIpc) is 3.16. The fourth-order valence-corrected chi connectivity index (χ4v) is 3.18. The minimum absolute atomic E-state index is 0.147. The fourth-order valence-electron chi connectivity index (χ4n) is 2.48. The summed E-state index contributed by atoms with van der Waals surface area (Å²) in [6, 6.07) is 14.8. The van der Waals surface area contributed by atoms with E-state index in [1.54, 1.807) is 31.2 Å². The van der Waals surface area contributed by atoms with Gasteiger partial charge in [-0.05, 0) is 50.1 Å². The molecular formula is C21H20N4O3S. The third-order valence-corrected chi connectivity index (χ3v) is 5.03. The number of nitrogens with one attached hydrogen (secondary N) is 1. The highest BCUT2D eigenvalue weighted by atomic mass is 32.2. The molecule has 0 saturated carbocycles. The van der Waals surface area contributed by atoms with Gasteiger partial charge < -0.3 is 14.5 Å². The van der Waals surface area contributed by atoms with E-state index in [4.69, 9.17) is 14.4 Å². The SMILES string of the molecule is Cc1ccc(C)c(OCc2nnc(SC(C)C(=O)Nc3ccccc3C#N)o2)c1. The zero-order valence-corrected chi connectivity index (χ0v) is 17.1. The number of ether oxygens (including phenoxy) is 1. The van der Waals surface area contributed by atoms with Gasteiger partial charge in [0.05, 0.1) is 16.5 Å². The molecule has 0 fully saturated rings.